The molecule has 6 atom stereocenters. The van der Waals surface area contributed by atoms with E-state index in [1.165, 1.54) is 61.7 Å². The third kappa shape index (κ3) is 9.96. The Hall–Kier alpha value is -2.08. The van der Waals surface area contributed by atoms with Crippen LogP contribution in [0.3, 0.4) is 0 Å². The molecule has 0 spiro atoms. The molecule has 0 bridgehead atoms. The minimum Gasteiger partial charge on any atom is -0.103 e. The van der Waals surface area contributed by atoms with Crippen LogP contribution in [0.4, 0.5) is 0 Å². The molecular weight excluding hydrogens is 516 g/mol. The van der Waals surface area contributed by atoms with Crippen LogP contribution in [0.1, 0.15) is 112 Å². The zero-order chi connectivity index (χ0) is 32.6. The number of allylic oxidation sites excluding steroid dienone is 5. The summed E-state index contributed by atoms with van der Waals surface area (Å²) in [7, 11) is 0. The van der Waals surface area contributed by atoms with Crippen LogP contribution in [0.2, 0.25) is 0 Å². The minimum atomic E-state index is 0.505. The normalized spacial score (nSPS) is 25.7. The van der Waals surface area contributed by atoms with Gasteiger partial charge in [0.25, 0.3) is 0 Å². The molecule has 5 rings (SSSR count). The molecule has 0 saturated heterocycles. The van der Waals surface area contributed by atoms with Crippen LogP contribution in [0.5, 0.6) is 0 Å². The number of rotatable bonds is 9. The summed E-state index contributed by atoms with van der Waals surface area (Å²) in [6, 6.07) is 9.08. The van der Waals surface area contributed by atoms with Gasteiger partial charge in [-0.3, -0.25) is 0 Å². The number of fused-ring (bicyclic) bond motifs is 2. The van der Waals surface area contributed by atoms with Crippen molar-refractivity contribution in [1.82, 2.24) is 0 Å². The van der Waals surface area contributed by atoms with E-state index in [1.807, 2.05) is 20.8 Å². The van der Waals surface area contributed by atoms with Gasteiger partial charge in [-0.15, -0.1) is 13.2 Å². The van der Waals surface area contributed by atoms with E-state index < -0.39 is 0 Å². The van der Waals surface area contributed by atoms with Crippen molar-refractivity contribution in [2.75, 3.05) is 0 Å². The van der Waals surface area contributed by atoms with E-state index in [2.05, 4.69) is 99.0 Å². The van der Waals surface area contributed by atoms with Crippen molar-refractivity contribution >= 4 is 0 Å². The predicted molar refractivity (Wildman–Crippen MR) is 194 cm³/mol. The molecule has 0 aromatic heterocycles. The summed E-state index contributed by atoms with van der Waals surface area (Å²) in [6.45, 7) is 42.8. The maximum absolute atomic E-state index is 4.83. The third-order valence-corrected chi connectivity index (χ3v) is 10.9. The molecule has 0 N–H and O–H groups in total. The van der Waals surface area contributed by atoms with Crippen LogP contribution in [0.25, 0.3) is 0 Å². The summed E-state index contributed by atoms with van der Waals surface area (Å²) in [5.41, 5.74) is 8.92. The van der Waals surface area contributed by atoms with E-state index in [1.54, 1.807) is 22.8 Å². The van der Waals surface area contributed by atoms with Gasteiger partial charge in [0.2, 0.25) is 0 Å². The topological polar surface area (TPSA) is 0 Å². The first-order valence-corrected chi connectivity index (χ1v) is 17.4. The summed E-state index contributed by atoms with van der Waals surface area (Å²) >= 11 is 0. The van der Waals surface area contributed by atoms with Gasteiger partial charge in [-0.1, -0.05) is 128 Å². The molecule has 0 heteroatoms. The number of hydrogen-bond donors (Lipinski definition) is 0. The molecule has 4 aliphatic rings. The molecule has 0 aliphatic heterocycles. The standard InChI is InChI=1S/C31H42.C5H12.C4H8.C3H6/c1-18(2)19(3)26(14-22-12-13-22)29-27(17-28-30(29)31(28,6)7)21(5)20(4)25-15-23-10-8-9-11-24(23)16-25;1-4-5(2)3;1-4(2)3;1-3-2/h8-11,20,22,25-30H,1,3,5,12-17H2,2,4,6-7H3;5H,4H2,1-3H3;1H2,2-3H3;3H,1H2,2H3. The van der Waals surface area contributed by atoms with Crippen molar-refractivity contribution < 1.29 is 0 Å². The SMILES string of the molecule is C=C(C)C.C=C(C)C(=C)C(CC1CC1)C1C(C(=C)C(C)C2Cc3ccccc3C2)CC2C1C2(C)C.C=CC.CCC(C)C. The lowest BCUT2D eigenvalue weighted by Gasteiger charge is -2.38. The average Bonchev–Trinajstić information content (AvgIpc) is 3.70. The highest BCUT2D eigenvalue weighted by molar-refractivity contribution is 5.35. The second kappa shape index (κ2) is 16.3. The highest BCUT2D eigenvalue weighted by atomic mass is 14.7. The smallest absolute Gasteiger partial charge is 0.0126 e. The molecule has 3 saturated carbocycles. The monoisotopic (exact) mass is 585 g/mol. The van der Waals surface area contributed by atoms with Gasteiger partial charge in [0.05, 0.1) is 0 Å². The van der Waals surface area contributed by atoms with E-state index in [9.17, 15) is 0 Å². The quantitative estimate of drug-likeness (QED) is 0.200. The Labute approximate surface area is 268 Å². The molecule has 1 aromatic rings. The second-order valence-electron chi connectivity index (χ2n) is 15.7. The first-order chi connectivity index (χ1) is 20.1. The Balaban J connectivity index is 0.000000462. The molecule has 43 heavy (non-hydrogen) atoms. The lowest BCUT2D eigenvalue weighted by atomic mass is 9.66. The lowest BCUT2D eigenvalue weighted by molar-refractivity contribution is 0.205. The zero-order valence-electron chi connectivity index (χ0n) is 30.1. The fraction of sp³-hybridized carbons (Fsp3) is 0.628. The molecule has 0 nitrogen and oxygen atoms in total. The van der Waals surface area contributed by atoms with Crippen LogP contribution in [0, 0.1) is 58.7 Å². The molecule has 240 valence electrons. The summed E-state index contributed by atoms with van der Waals surface area (Å²) in [5, 5.41) is 0. The van der Waals surface area contributed by atoms with E-state index in [0.717, 1.165) is 35.5 Å². The highest BCUT2D eigenvalue weighted by Gasteiger charge is 2.68. The minimum absolute atomic E-state index is 0.505. The van der Waals surface area contributed by atoms with Crippen LogP contribution >= 0.6 is 0 Å². The Bertz CT molecular complexity index is 1080. The van der Waals surface area contributed by atoms with Crippen molar-refractivity contribution in [2.45, 2.75) is 114 Å². The Morgan fingerprint density at radius 1 is 0.953 bits per heavy atom. The van der Waals surface area contributed by atoms with Gasteiger partial charge in [0.1, 0.15) is 0 Å². The van der Waals surface area contributed by atoms with Crippen molar-refractivity contribution in [3.8, 4) is 0 Å². The van der Waals surface area contributed by atoms with Gasteiger partial charge in [-0.2, -0.15) is 0 Å². The van der Waals surface area contributed by atoms with Gasteiger partial charge >= 0.3 is 0 Å². The molecule has 0 amide bonds. The van der Waals surface area contributed by atoms with Gasteiger partial charge < -0.3 is 0 Å². The molecule has 0 heterocycles. The fourth-order valence-corrected chi connectivity index (χ4v) is 7.76. The molecule has 3 fully saturated rings. The predicted octanol–water partition coefficient (Wildman–Crippen LogP) is 12.9. The summed E-state index contributed by atoms with van der Waals surface area (Å²) in [4.78, 5) is 0. The van der Waals surface area contributed by atoms with E-state index in [-0.39, 0.29) is 0 Å². The Morgan fingerprint density at radius 3 is 1.81 bits per heavy atom. The van der Waals surface area contributed by atoms with Crippen LogP contribution in [-0.2, 0) is 12.8 Å². The molecule has 6 unspecified atom stereocenters. The summed E-state index contributed by atoms with van der Waals surface area (Å²) in [5.74, 6) is 6.87. The van der Waals surface area contributed by atoms with Crippen molar-refractivity contribution in [3.63, 3.8) is 0 Å². The van der Waals surface area contributed by atoms with Crippen molar-refractivity contribution in [1.29, 1.82) is 0 Å². The van der Waals surface area contributed by atoms with E-state index in [0.29, 0.717) is 23.2 Å². The van der Waals surface area contributed by atoms with Crippen molar-refractivity contribution in [2.24, 2.45) is 58.7 Å². The van der Waals surface area contributed by atoms with Crippen molar-refractivity contribution in [3.05, 3.63) is 96.7 Å². The maximum Gasteiger partial charge on any atom is -0.0126 e. The Kier molecular flexibility index (Phi) is 14.1. The van der Waals surface area contributed by atoms with Gasteiger partial charge in [0, 0.05) is 0 Å². The van der Waals surface area contributed by atoms with E-state index in [4.69, 9.17) is 6.58 Å². The average molecular weight is 585 g/mol. The lowest BCUT2D eigenvalue weighted by Crippen LogP contribution is -2.31. The number of hydrogen-bond acceptors (Lipinski definition) is 0. The first kappa shape index (κ1) is 37.1. The molecule has 1 aromatic carbocycles. The zero-order valence-corrected chi connectivity index (χ0v) is 30.1. The van der Waals surface area contributed by atoms with E-state index >= 15 is 0 Å². The first-order valence-electron chi connectivity index (χ1n) is 17.4. The molecule has 4 aliphatic carbocycles. The Morgan fingerprint density at radius 2 is 1.42 bits per heavy atom. The van der Waals surface area contributed by atoms with Gasteiger partial charge in [-0.25, -0.2) is 0 Å². The third-order valence-electron chi connectivity index (χ3n) is 10.9. The van der Waals surface area contributed by atoms with Crippen LogP contribution < -0.4 is 0 Å². The fourth-order valence-electron chi connectivity index (χ4n) is 7.76. The highest BCUT2D eigenvalue weighted by Crippen LogP contribution is 2.74. The molecule has 0 radical (unpaired) electrons. The van der Waals surface area contributed by atoms with Gasteiger partial charge in [0.15, 0.2) is 0 Å². The maximum atomic E-state index is 4.83. The summed E-state index contributed by atoms with van der Waals surface area (Å²) < 4.78 is 0. The second-order valence-corrected chi connectivity index (χ2v) is 15.7. The number of benzene rings is 1. The summed E-state index contributed by atoms with van der Waals surface area (Å²) in [6.07, 6.45) is 11.1. The van der Waals surface area contributed by atoms with Gasteiger partial charge in [-0.05, 0) is 129 Å². The van der Waals surface area contributed by atoms with Crippen LogP contribution in [-0.4, -0.2) is 0 Å². The molecular formula is C43H68. The largest absolute Gasteiger partial charge is 0.103 e. The van der Waals surface area contributed by atoms with Crippen LogP contribution in [0.15, 0.2) is 85.5 Å².